The molecule has 1 atom stereocenters. The second-order valence-corrected chi connectivity index (χ2v) is 8.35. The molecule has 0 bridgehead atoms. The molecule has 1 heterocycles. The molecule has 1 saturated heterocycles. The van der Waals surface area contributed by atoms with Gasteiger partial charge in [0.2, 0.25) is 0 Å². The number of carbonyl (C=O) groups is 1. The van der Waals surface area contributed by atoms with Gasteiger partial charge in [0.05, 0.1) is 0 Å². The van der Waals surface area contributed by atoms with Crippen molar-refractivity contribution in [1.29, 1.82) is 0 Å². The predicted octanol–water partition coefficient (Wildman–Crippen LogP) is 3.44. The highest BCUT2D eigenvalue weighted by Crippen LogP contribution is 2.25. The number of piperidine rings is 1. The molecular formula is C21H34N2O2. The summed E-state index contributed by atoms with van der Waals surface area (Å²) in [4.78, 5) is 14.7. The first-order chi connectivity index (χ1) is 11.7. The number of benzene rings is 1. The van der Waals surface area contributed by atoms with Crippen LogP contribution in [0.5, 0.6) is 0 Å². The molecule has 0 spiro atoms. The van der Waals surface area contributed by atoms with Gasteiger partial charge >= 0.3 is 0 Å². The molecule has 0 saturated carbocycles. The van der Waals surface area contributed by atoms with Crippen molar-refractivity contribution in [1.82, 2.24) is 10.2 Å². The number of likely N-dealkylation sites (tertiary alicyclic amines) is 1. The highest BCUT2D eigenvalue weighted by Gasteiger charge is 2.42. The highest BCUT2D eigenvalue weighted by molar-refractivity contribution is 5.86. The normalized spacial score (nSPS) is 21.9. The first kappa shape index (κ1) is 19.9. The van der Waals surface area contributed by atoms with Gasteiger partial charge in [-0.3, -0.25) is 4.79 Å². The van der Waals surface area contributed by atoms with E-state index in [0.717, 1.165) is 18.4 Å². The highest BCUT2D eigenvalue weighted by atomic mass is 16.3. The second-order valence-electron chi connectivity index (χ2n) is 8.35. The number of hydrogen-bond acceptors (Lipinski definition) is 3. The van der Waals surface area contributed by atoms with Gasteiger partial charge in [-0.25, -0.2) is 0 Å². The molecule has 0 aromatic heterocycles. The van der Waals surface area contributed by atoms with Gasteiger partial charge in [-0.15, -0.1) is 0 Å². The van der Waals surface area contributed by atoms with E-state index in [9.17, 15) is 9.90 Å². The summed E-state index contributed by atoms with van der Waals surface area (Å²) >= 11 is 0. The quantitative estimate of drug-likeness (QED) is 0.795. The number of hydrogen-bond donors (Lipinski definition) is 2. The Labute approximate surface area is 152 Å². The van der Waals surface area contributed by atoms with E-state index < -0.39 is 5.60 Å². The summed E-state index contributed by atoms with van der Waals surface area (Å²) in [6, 6.07) is 8.45. The molecule has 1 aliphatic rings. The van der Waals surface area contributed by atoms with Crippen LogP contribution < -0.4 is 5.32 Å². The van der Waals surface area contributed by atoms with Gasteiger partial charge in [-0.2, -0.15) is 0 Å². The van der Waals surface area contributed by atoms with Gasteiger partial charge < -0.3 is 15.3 Å². The fourth-order valence-electron chi connectivity index (χ4n) is 3.12. The Hall–Kier alpha value is -1.39. The lowest BCUT2D eigenvalue weighted by atomic mass is 9.89. The largest absolute Gasteiger partial charge is 0.379 e. The van der Waals surface area contributed by atoms with E-state index in [1.165, 1.54) is 5.56 Å². The van der Waals surface area contributed by atoms with E-state index >= 15 is 0 Å². The first-order valence-electron chi connectivity index (χ1n) is 9.52. The molecule has 0 aliphatic carbocycles. The van der Waals surface area contributed by atoms with Gasteiger partial charge in [0, 0.05) is 25.2 Å². The number of aliphatic hydroxyl groups is 1. The van der Waals surface area contributed by atoms with E-state index in [2.05, 4.69) is 64.2 Å². The SMILES string of the molecule is CCC(C)(C)NCC1(O)CCCN(Cc2ccc(C(C)C)cc2)C1=O. The summed E-state index contributed by atoms with van der Waals surface area (Å²) < 4.78 is 0. The van der Waals surface area contributed by atoms with Crippen LogP contribution in [0.25, 0.3) is 0 Å². The lowest BCUT2D eigenvalue weighted by molar-refractivity contribution is -0.157. The Kier molecular flexibility index (Phi) is 6.28. The third kappa shape index (κ3) is 5.05. The molecule has 25 heavy (non-hydrogen) atoms. The van der Waals surface area contributed by atoms with Crippen molar-refractivity contribution in [3.63, 3.8) is 0 Å². The zero-order valence-electron chi connectivity index (χ0n) is 16.4. The minimum atomic E-state index is -1.29. The molecule has 1 fully saturated rings. The van der Waals surface area contributed by atoms with Crippen LogP contribution in [0.4, 0.5) is 0 Å². The maximum Gasteiger partial charge on any atom is 0.256 e. The molecule has 0 radical (unpaired) electrons. The second kappa shape index (κ2) is 7.88. The van der Waals surface area contributed by atoms with Crippen LogP contribution in [0.2, 0.25) is 0 Å². The van der Waals surface area contributed by atoms with E-state index in [1.807, 2.05) is 0 Å². The van der Waals surface area contributed by atoms with Gasteiger partial charge in [-0.1, -0.05) is 45.0 Å². The van der Waals surface area contributed by atoms with Gasteiger partial charge in [-0.05, 0) is 50.2 Å². The third-order valence-corrected chi connectivity index (χ3v) is 5.47. The van der Waals surface area contributed by atoms with Crippen molar-refractivity contribution in [2.24, 2.45) is 0 Å². The van der Waals surface area contributed by atoms with E-state index in [-0.39, 0.29) is 11.4 Å². The van der Waals surface area contributed by atoms with Crippen LogP contribution in [0.3, 0.4) is 0 Å². The van der Waals surface area contributed by atoms with Crippen molar-refractivity contribution in [2.75, 3.05) is 13.1 Å². The number of carbonyl (C=O) groups excluding carboxylic acids is 1. The lowest BCUT2D eigenvalue weighted by Gasteiger charge is -2.40. The van der Waals surface area contributed by atoms with Gasteiger partial charge in [0.25, 0.3) is 5.91 Å². The zero-order valence-corrected chi connectivity index (χ0v) is 16.4. The molecule has 1 aliphatic heterocycles. The van der Waals surface area contributed by atoms with Gasteiger partial charge in [0.15, 0.2) is 5.60 Å². The number of amides is 1. The Morgan fingerprint density at radius 3 is 2.48 bits per heavy atom. The van der Waals surface area contributed by atoms with Crippen molar-refractivity contribution >= 4 is 5.91 Å². The smallest absolute Gasteiger partial charge is 0.256 e. The topological polar surface area (TPSA) is 52.6 Å². The molecule has 1 aromatic rings. The minimum Gasteiger partial charge on any atom is -0.379 e. The van der Waals surface area contributed by atoms with Crippen molar-refractivity contribution in [3.05, 3.63) is 35.4 Å². The standard InChI is InChI=1S/C21H34N2O2/c1-6-20(4,5)22-15-21(25)12-7-13-23(19(21)24)14-17-8-10-18(11-9-17)16(2)3/h8-11,16,22,25H,6-7,12-15H2,1-5H3. The molecule has 1 aromatic carbocycles. The summed E-state index contributed by atoms with van der Waals surface area (Å²) in [5.41, 5.74) is 1.05. The number of rotatable bonds is 7. The molecule has 140 valence electrons. The fourth-order valence-corrected chi connectivity index (χ4v) is 3.12. The molecule has 4 heteroatoms. The molecule has 1 unspecified atom stereocenters. The third-order valence-electron chi connectivity index (χ3n) is 5.47. The Bertz CT molecular complexity index is 580. The Morgan fingerprint density at radius 1 is 1.28 bits per heavy atom. The monoisotopic (exact) mass is 346 g/mol. The molecule has 1 amide bonds. The van der Waals surface area contributed by atoms with Crippen molar-refractivity contribution < 1.29 is 9.90 Å². The summed E-state index contributed by atoms with van der Waals surface area (Å²) in [7, 11) is 0. The van der Waals surface area contributed by atoms with Crippen LogP contribution in [-0.2, 0) is 11.3 Å². The molecular weight excluding hydrogens is 312 g/mol. The van der Waals surface area contributed by atoms with E-state index in [0.29, 0.717) is 32.0 Å². The summed E-state index contributed by atoms with van der Waals surface area (Å²) in [6.45, 7) is 12.2. The fraction of sp³-hybridized carbons (Fsp3) is 0.667. The zero-order chi connectivity index (χ0) is 18.7. The van der Waals surface area contributed by atoms with Crippen LogP contribution in [0.15, 0.2) is 24.3 Å². The summed E-state index contributed by atoms with van der Waals surface area (Å²) in [5, 5.41) is 14.3. The number of nitrogens with one attached hydrogen (secondary N) is 1. The molecule has 2 N–H and O–H groups in total. The van der Waals surface area contributed by atoms with Crippen LogP contribution in [0.1, 0.15) is 70.9 Å². The predicted molar refractivity (Wildman–Crippen MR) is 103 cm³/mol. The van der Waals surface area contributed by atoms with Crippen LogP contribution >= 0.6 is 0 Å². The number of β-amino-alcohol motifs (C(OH)–C–C–N with tert-alkyl or cyclic N) is 1. The minimum absolute atomic E-state index is 0.0784. The average molecular weight is 347 g/mol. The maximum absolute atomic E-state index is 12.9. The average Bonchev–Trinajstić information content (AvgIpc) is 2.58. The lowest BCUT2D eigenvalue weighted by Crippen LogP contribution is -2.60. The van der Waals surface area contributed by atoms with Crippen LogP contribution in [0, 0.1) is 0 Å². The first-order valence-corrected chi connectivity index (χ1v) is 9.52. The van der Waals surface area contributed by atoms with Crippen molar-refractivity contribution in [3.8, 4) is 0 Å². The summed E-state index contributed by atoms with van der Waals surface area (Å²) in [5.74, 6) is 0.356. The maximum atomic E-state index is 12.9. The Balaban J connectivity index is 2.03. The summed E-state index contributed by atoms with van der Waals surface area (Å²) in [6.07, 6.45) is 2.31. The van der Waals surface area contributed by atoms with Gasteiger partial charge in [0.1, 0.15) is 0 Å². The van der Waals surface area contributed by atoms with Crippen molar-refractivity contribution in [2.45, 2.75) is 77.5 Å². The number of nitrogens with zero attached hydrogens (tertiary/aromatic N) is 1. The molecule has 4 nitrogen and oxygen atoms in total. The van der Waals surface area contributed by atoms with E-state index in [1.54, 1.807) is 4.90 Å². The molecule has 2 rings (SSSR count). The Morgan fingerprint density at radius 2 is 1.92 bits per heavy atom. The van der Waals surface area contributed by atoms with E-state index in [4.69, 9.17) is 0 Å². The van der Waals surface area contributed by atoms with Crippen LogP contribution in [-0.4, -0.2) is 40.1 Å².